The summed E-state index contributed by atoms with van der Waals surface area (Å²) in [7, 11) is 0. The number of benzene rings is 1. The average Bonchev–Trinajstić information content (AvgIpc) is 3.03. The number of halogens is 2. The fourth-order valence-electron chi connectivity index (χ4n) is 2.33. The lowest BCUT2D eigenvalue weighted by Gasteiger charge is -2.09. The highest BCUT2D eigenvalue weighted by atomic mass is 35.5. The Hall–Kier alpha value is -1.39. The molecule has 0 amide bonds. The van der Waals surface area contributed by atoms with Crippen molar-refractivity contribution in [2.75, 3.05) is 0 Å². The topological polar surface area (TPSA) is 17.8 Å². The van der Waals surface area contributed by atoms with E-state index in [0.29, 0.717) is 0 Å². The zero-order valence-electron chi connectivity index (χ0n) is 11.0. The van der Waals surface area contributed by atoms with Crippen molar-refractivity contribution in [2.45, 2.75) is 25.3 Å². The Morgan fingerprint density at radius 2 is 2.25 bits per heavy atom. The molecule has 0 radical (unpaired) electrons. The standard InChI is InChI=1S/C15H14ClFN2S/c1-10(16)15-18-13-5-4-11(17)9-14(13)19(15)7-6-12-3-2-8-20-12/h2-5,8-10H,6-7H2,1H3. The lowest BCUT2D eigenvalue weighted by Crippen LogP contribution is -2.06. The van der Waals surface area contributed by atoms with Crippen LogP contribution in [0.25, 0.3) is 11.0 Å². The summed E-state index contributed by atoms with van der Waals surface area (Å²) in [5, 5.41) is 1.86. The third kappa shape index (κ3) is 2.58. The molecule has 0 saturated heterocycles. The molecule has 0 spiro atoms. The van der Waals surface area contributed by atoms with Crippen LogP contribution in [0.2, 0.25) is 0 Å². The van der Waals surface area contributed by atoms with Crippen LogP contribution in [-0.4, -0.2) is 9.55 Å². The van der Waals surface area contributed by atoms with Gasteiger partial charge in [-0.3, -0.25) is 0 Å². The van der Waals surface area contributed by atoms with Gasteiger partial charge >= 0.3 is 0 Å². The maximum absolute atomic E-state index is 13.5. The van der Waals surface area contributed by atoms with Gasteiger partial charge in [-0.15, -0.1) is 22.9 Å². The number of rotatable bonds is 4. The average molecular weight is 309 g/mol. The van der Waals surface area contributed by atoms with Gasteiger partial charge in [0.25, 0.3) is 0 Å². The molecule has 0 fully saturated rings. The monoisotopic (exact) mass is 308 g/mol. The van der Waals surface area contributed by atoms with Gasteiger partial charge in [-0.25, -0.2) is 9.37 Å². The first kappa shape index (κ1) is 13.6. The Balaban J connectivity index is 2.01. The normalized spacial score (nSPS) is 12.9. The minimum Gasteiger partial charge on any atom is -0.326 e. The molecule has 0 aliphatic carbocycles. The summed E-state index contributed by atoms with van der Waals surface area (Å²) >= 11 is 7.93. The molecule has 2 heterocycles. The largest absolute Gasteiger partial charge is 0.326 e. The number of hydrogen-bond acceptors (Lipinski definition) is 2. The second kappa shape index (κ2) is 5.54. The van der Waals surface area contributed by atoms with E-state index in [1.807, 2.05) is 17.6 Å². The van der Waals surface area contributed by atoms with Crippen LogP contribution in [0.4, 0.5) is 4.39 Å². The molecule has 3 rings (SSSR count). The van der Waals surface area contributed by atoms with Crippen molar-refractivity contribution in [3.8, 4) is 0 Å². The number of nitrogens with zero attached hydrogens (tertiary/aromatic N) is 2. The van der Waals surface area contributed by atoms with Gasteiger partial charge in [0.05, 0.1) is 16.4 Å². The molecule has 0 saturated carbocycles. The second-order valence-electron chi connectivity index (χ2n) is 4.70. The smallest absolute Gasteiger partial charge is 0.127 e. The van der Waals surface area contributed by atoms with Gasteiger partial charge < -0.3 is 4.57 Å². The quantitative estimate of drug-likeness (QED) is 0.634. The molecule has 104 valence electrons. The predicted octanol–water partition coefficient (Wildman–Crippen LogP) is 4.78. The molecule has 20 heavy (non-hydrogen) atoms. The summed E-state index contributed by atoms with van der Waals surface area (Å²) in [6.45, 7) is 2.65. The third-order valence-electron chi connectivity index (χ3n) is 3.26. The van der Waals surface area contributed by atoms with E-state index in [0.717, 1.165) is 29.8 Å². The van der Waals surface area contributed by atoms with Crippen LogP contribution in [-0.2, 0) is 13.0 Å². The molecule has 2 aromatic heterocycles. The molecule has 1 unspecified atom stereocenters. The third-order valence-corrected chi connectivity index (χ3v) is 4.39. The minimum atomic E-state index is -0.247. The van der Waals surface area contributed by atoms with Crippen LogP contribution in [0, 0.1) is 5.82 Å². The number of aromatic nitrogens is 2. The minimum absolute atomic E-state index is 0.200. The molecular weight excluding hydrogens is 295 g/mol. The lowest BCUT2D eigenvalue weighted by atomic mass is 10.3. The van der Waals surface area contributed by atoms with Crippen molar-refractivity contribution in [1.82, 2.24) is 9.55 Å². The highest BCUT2D eigenvalue weighted by Gasteiger charge is 2.15. The molecule has 0 N–H and O–H groups in total. The van der Waals surface area contributed by atoms with Crippen molar-refractivity contribution >= 4 is 34.0 Å². The zero-order chi connectivity index (χ0) is 14.1. The van der Waals surface area contributed by atoms with Crippen LogP contribution < -0.4 is 0 Å². The Labute approximate surface area is 125 Å². The van der Waals surface area contributed by atoms with Crippen molar-refractivity contribution in [3.63, 3.8) is 0 Å². The van der Waals surface area contributed by atoms with Crippen molar-refractivity contribution in [3.05, 3.63) is 52.2 Å². The van der Waals surface area contributed by atoms with Crippen molar-refractivity contribution in [1.29, 1.82) is 0 Å². The van der Waals surface area contributed by atoms with Crippen molar-refractivity contribution < 1.29 is 4.39 Å². The van der Waals surface area contributed by atoms with Gasteiger partial charge in [0.15, 0.2) is 0 Å². The number of hydrogen-bond donors (Lipinski definition) is 0. The van der Waals surface area contributed by atoms with Crippen LogP contribution in [0.3, 0.4) is 0 Å². The van der Waals surface area contributed by atoms with E-state index in [2.05, 4.69) is 16.4 Å². The SMILES string of the molecule is CC(Cl)c1nc2ccc(F)cc2n1CCc1cccs1. The lowest BCUT2D eigenvalue weighted by molar-refractivity contribution is 0.626. The predicted molar refractivity (Wildman–Crippen MR) is 82.0 cm³/mol. The van der Waals surface area contributed by atoms with E-state index < -0.39 is 0 Å². The van der Waals surface area contributed by atoms with E-state index in [9.17, 15) is 4.39 Å². The highest BCUT2D eigenvalue weighted by molar-refractivity contribution is 7.09. The number of alkyl halides is 1. The Kier molecular flexibility index (Phi) is 3.76. The van der Waals surface area contributed by atoms with Gasteiger partial charge in [-0.2, -0.15) is 0 Å². The summed E-state index contributed by atoms with van der Waals surface area (Å²) in [5.41, 5.74) is 1.60. The van der Waals surface area contributed by atoms with Crippen LogP contribution >= 0.6 is 22.9 Å². The fourth-order valence-corrected chi connectivity index (χ4v) is 3.19. The summed E-state index contributed by atoms with van der Waals surface area (Å²) in [6.07, 6.45) is 0.899. The number of fused-ring (bicyclic) bond motifs is 1. The molecule has 3 aromatic rings. The molecule has 0 aliphatic heterocycles. The van der Waals surface area contributed by atoms with E-state index in [-0.39, 0.29) is 11.2 Å². The van der Waals surface area contributed by atoms with Crippen LogP contribution in [0.1, 0.15) is 23.0 Å². The number of thiophene rings is 1. The Morgan fingerprint density at radius 1 is 1.40 bits per heavy atom. The Morgan fingerprint density at radius 3 is 2.95 bits per heavy atom. The van der Waals surface area contributed by atoms with E-state index in [4.69, 9.17) is 11.6 Å². The molecule has 0 bridgehead atoms. The first-order valence-electron chi connectivity index (χ1n) is 6.47. The fraction of sp³-hybridized carbons (Fsp3) is 0.267. The molecule has 1 aromatic carbocycles. The van der Waals surface area contributed by atoms with Gasteiger partial charge in [-0.05, 0) is 43.0 Å². The van der Waals surface area contributed by atoms with E-state index >= 15 is 0 Å². The van der Waals surface area contributed by atoms with E-state index in [1.165, 1.54) is 17.0 Å². The van der Waals surface area contributed by atoms with Crippen molar-refractivity contribution in [2.24, 2.45) is 0 Å². The molecule has 2 nitrogen and oxygen atoms in total. The summed E-state index contributed by atoms with van der Waals surface area (Å²) in [5.74, 6) is 0.548. The second-order valence-corrected chi connectivity index (χ2v) is 6.39. The molecular formula is C15H14ClFN2S. The first-order valence-corrected chi connectivity index (χ1v) is 7.79. The first-order chi connectivity index (χ1) is 9.65. The van der Waals surface area contributed by atoms with Gasteiger partial charge in [0.2, 0.25) is 0 Å². The highest BCUT2D eigenvalue weighted by Crippen LogP contribution is 2.26. The molecule has 1 atom stereocenters. The maximum atomic E-state index is 13.5. The number of imidazole rings is 1. The van der Waals surface area contributed by atoms with Crippen LogP contribution in [0.5, 0.6) is 0 Å². The zero-order valence-corrected chi connectivity index (χ0v) is 12.6. The van der Waals surface area contributed by atoms with E-state index in [1.54, 1.807) is 17.4 Å². The maximum Gasteiger partial charge on any atom is 0.127 e. The molecule has 0 aliphatic rings. The number of aryl methyl sites for hydroxylation is 2. The Bertz CT molecular complexity index is 719. The summed E-state index contributed by atoms with van der Waals surface area (Å²) in [4.78, 5) is 5.82. The van der Waals surface area contributed by atoms with Gasteiger partial charge in [-0.1, -0.05) is 6.07 Å². The summed E-state index contributed by atoms with van der Waals surface area (Å²) < 4.78 is 15.5. The summed E-state index contributed by atoms with van der Waals surface area (Å²) in [6, 6.07) is 8.81. The van der Waals surface area contributed by atoms with Crippen LogP contribution in [0.15, 0.2) is 35.7 Å². The van der Waals surface area contributed by atoms with Gasteiger partial charge in [0.1, 0.15) is 11.6 Å². The van der Waals surface area contributed by atoms with Gasteiger partial charge in [0, 0.05) is 11.4 Å². The molecule has 5 heteroatoms.